The van der Waals surface area contributed by atoms with Crippen LogP contribution in [0.15, 0.2) is 24.3 Å². The second-order valence-corrected chi connectivity index (χ2v) is 5.18. The number of carbonyl (C=O) groups excluding carboxylic acids is 2. The maximum atomic E-state index is 12.2. The van der Waals surface area contributed by atoms with Crippen molar-refractivity contribution in [3.8, 4) is 0 Å². The third-order valence-electron chi connectivity index (χ3n) is 3.86. The molecule has 1 aromatic carbocycles. The lowest BCUT2D eigenvalue weighted by atomic mass is 9.99. The predicted molar refractivity (Wildman–Crippen MR) is 75.1 cm³/mol. The van der Waals surface area contributed by atoms with E-state index in [-0.39, 0.29) is 11.8 Å². The molecule has 0 bridgehead atoms. The van der Waals surface area contributed by atoms with Crippen molar-refractivity contribution < 1.29 is 9.59 Å². The standard InChI is InChI=1S/C16H21NO2/c1-3-5-8-12(4-2)11-17-15(18)13-9-6-7-10-14(13)16(17)19/h6-7,9-10,12H,3-5,8,11H2,1-2H3/t12-/m1/s1. The number of hydrogen-bond donors (Lipinski definition) is 0. The largest absolute Gasteiger partial charge is 0.274 e. The van der Waals surface area contributed by atoms with Gasteiger partial charge in [0.05, 0.1) is 11.1 Å². The zero-order chi connectivity index (χ0) is 13.8. The summed E-state index contributed by atoms with van der Waals surface area (Å²) in [4.78, 5) is 25.9. The fraction of sp³-hybridized carbons (Fsp3) is 0.500. The molecule has 1 heterocycles. The maximum Gasteiger partial charge on any atom is 0.261 e. The average molecular weight is 259 g/mol. The topological polar surface area (TPSA) is 37.4 Å². The smallest absolute Gasteiger partial charge is 0.261 e. The van der Waals surface area contributed by atoms with E-state index in [4.69, 9.17) is 0 Å². The van der Waals surface area contributed by atoms with Gasteiger partial charge in [0, 0.05) is 6.54 Å². The highest BCUT2D eigenvalue weighted by Crippen LogP contribution is 2.25. The quantitative estimate of drug-likeness (QED) is 0.733. The number of fused-ring (bicyclic) bond motifs is 1. The van der Waals surface area contributed by atoms with Gasteiger partial charge in [0.2, 0.25) is 0 Å². The summed E-state index contributed by atoms with van der Waals surface area (Å²) in [6, 6.07) is 7.09. The minimum Gasteiger partial charge on any atom is -0.274 e. The molecular formula is C16H21NO2. The van der Waals surface area contributed by atoms with Crippen molar-refractivity contribution in [1.82, 2.24) is 4.90 Å². The molecule has 2 rings (SSSR count). The van der Waals surface area contributed by atoms with Crippen molar-refractivity contribution in [2.45, 2.75) is 39.5 Å². The summed E-state index contributed by atoms with van der Waals surface area (Å²) < 4.78 is 0. The third kappa shape index (κ3) is 2.70. The van der Waals surface area contributed by atoms with Crippen molar-refractivity contribution in [3.05, 3.63) is 35.4 Å². The molecule has 0 radical (unpaired) electrons. The summed E-state index contributed by atoms with van der Waals surface area (Å²) in [6.07, 6.45) is 4.40. The first kappa shape index (κ1) is 13.8. The van der Waals surface area contributed by atoms with Crippen LogP contribution < -0.4 is 0 Å². The predicted octanol–water partition coefficient (Wildman–Crippen LogP) is 3.50. The SMILES string of the molecule is CCCC[C@@H](CC)CN1C(=O)c2ccccc2C1=O. The molecule has 0 unspecified atom stereocenters. The minimum atomic E-state index is -0.129. The number of amides is 2. The van der Waals surface area contributed by atoms with Gasteiger partial charge in [-0.15, -0.1) is 0 Å². The summed E-state index contributed by atoms with van der Waals surface area (Å²) >= 11 is 0. The Bertz CT molecular complexity index is 446. The van der Waals surface area contributed by atoms with Crippen molar-refractivity contribution in [2.24, 2.45) is 5.92 Å². The van der Waals surface area contributed by atoms with E-state index in [0.717, 1.165) is 25.7 Å². The van der Waals surface area contributed by atoms with E-state index in [1.54, 1.807) is 12.1 Å². The van der Waals surface area contributed by atoms with Crippen LogP contribution >= 0.6 is 0 Å². The molecule has 0 fully saturated rings. The fourth-order valence-electron chi connectivity index (χ4n) is 2.58. The lowest BCUT2D eigenvalue weighted by Crippen LogP contribution is -2.34. The van der Waals surface area contributed by atoms with Crippen LogP contribution in [0.4, 0.5) is 0 Å². The van der Waals surface area contributed by atoms with E-state index < -0.39 is 0 Å². The molecule has 19 heavy (non-hydrogen) atoms. The molecule has 102 valence electrons. The zero-order valence-electron chi connectivity index (χ0n) is 11.7. The molecule has 1 aromatic rings. The average Bonchev–Trinajstić information content (AvgIpc) is 2.68. The highest BCUT2D eigenvalue weighted by Gasteiger charge is 2.35. The third-order valence-corrected chi connectivity index (χ3v) is 3.86. The summed E-state index contributed by atoms with van der Waals surface area (Å²) in [6.45, 7) is 4.84. The molecule has 3 heteroatoms. The molecule has 0 spiro atoms. The molecule has 1 atom stereocenters. The summed E-state index contributed by atoms with van der Waals surface area (Å²) in [7, 11) is 0. The van der Waals surface area contributed by atoms with Gasteiger partial charge in [-0.3, -0.25) is 14.5 Å². The summed E-state index contributed by atoms with van der Waals surface area (Å²) in [5.74, 6) is 0.160. The highest BCUT2D eigenvalue weighted by atomic mass is 16.2. The Morgan fingerprint density at radius 2 is 1.63 bits per heavy atom. The maximum absolute atomic E-state index is 12.2. The zero-order valence-corrected chi connectivity index (χ0v) is 11.7. The summed E-state index contributed by atoms with van der Waals surface area (Å²) in [5.41, 5.74) is 1.11. The van der Waals surface area contributed by atoms with Crippen molar-refractivity contribution in [3.63, 3.8) is 0 Å². The molecule has 0 aliphatic carbocycles. The van der Waals surface area contributed by atoms with Crippen molar-refractivity contribution >= 4 is 11.8 Å². The Morgan fingerprint density at radius 1 is 1.05 bits per heavy atom. The lowest BCUT2D eigenvalue weighted by molar-refractivity contribution is 0.0624. The molecule has 1 aliphatic heterocycles. The monoisotopic (exact) mass is 259 g/mol. The number of unbranched alkanes of at least 4 members (excludes halogenated alkanes) is 1. The number of hydrogen-bond acceptors (Lipinski definition) is 2. The van der Waals surface area contributed by atoms with E-state index in [1.165, 1.54) is 4.90 Å². The number of carbonyl (C=O) groups is 2. The molecule has 2 amide bonds. The molecule has 3 nitrogen and oxygen atoms in total. The van der Waals surface area contributed by atoms with Crippen LogP contribution in [0.3, 0.4) is 0 Å². The van der Waals surface area contributed by atoms with Crippen molar-refractivity contribution in [1.29, 1.82) is 0 Å². The van der Waals surface area contributed by atoms with Gasteiger partial charge in [-0.1, -0.05) is 45.2 Å². The molecule has 0 saturated carbocycles. The fourth-order valence-corrected chi connectivity index (χ4v) is 2.58. The Labute approximate surface area is 114 Å². The van der Waals surface area contributed by atoms with Crippen LogP contribution in [0.5, 0.6) is 0 Å². The number of benzene rings is 1. The Balaban J connectivity index is 2.11. The lowest BCUT2D eigenvalue weighted by Gasteiger charge is -2.21. The Hall–Kier alpha value is -1.64. The van der Waals surface area contributed by atoms with Gasteiger partial charge in [-0.25, -0.2) is 0 Å². The van der Waals surface area contributed by atoms with E-state index in [1.807, 2.05) is 12.1 Å². The van der Waals surface area contributed by atoms with Crippen LogP contribution in [0.1, 0.15) is 60.2 Å². The number of rotatable bonds is 6. The van der Waals surface area contributed by atoms with Gasteiger partial charge in [-0.2, -0.15) is 0 Å². The van der Waals surface area contributed by atoms with Gasteiger partial charge < -0.3 is 0 Å². The van der Waals surface area contributed by atoms with E-state index in [2.05, 4.69) is 13.8 Å². The van der Waals surface area contributed by atoms with E-state index in [9.17, 15) is 9.59 Å². The van der Waals surface area contributed by atoms with E-state index >= 15 is 0 Å². The first-order chi connectivity index (χ1) is 9.19. The first-order valence-electron chi connectivity index (χ1n) is 7.14. The Morgan fingerprint density at radius 3 is 2.11 bits per heavy atom. The van der Waals surface area contributed by atoms with Gasteiger partial charge in [0.25, 0.3) is 11.8 Å². The first-order valence-corrected chi connectivity index (χ1v) is 7.14. The van der Waals surface area contributed by atoms with Crippen LogP contribution in [0.25, 0.3) is 0 Å². The molecule has 1 aliphatic rings. The van der Waals surface area contributed by atoms with Gasteiger partial charge in [0.1, 0.15) is 0 Å². The van der Waals surface area contributed by atoms with Crippen molar-refractivity contribution in [2.75, 3.05) is 6.54 Å². The molecule has 0 saturated heterocycles. The van der Waals surface area contributed by atoms with Crippen LogP contribution in [-0.2, 0) is 0 Å². The molecular weight excluding hydrogens is 238 g/mol. The number of nitrogens with zero attached hydrogens (tertiary/aromatic N) is 1. The minimum absolute atomic E-state index is 0.129. The highest BCUT2D eigenvalue weighted by molar-refractivity contribution is 6.21. The van der Waals surface area contributed by atoms with Crippen LogP contribution in [0, 0.1) is 5.92 Å². The van der Waals surface area contributed by atoms with Gasteiger partial charge in [-0.05, 0) is 24.5 Å². The summed E-state index contributed by atoms with van der Waals surface area (Å²) in [5, 5.41) is 0. The normalized spacial score (nSPS) is 15.8. The molecule has 0 aromatic heterocycles. The van der Waals surface area contributed by atoms with Crippen LogP contribution in [0.2, 0.25) is 0 Å². The molecule has 0 N–H and O–H groups in total. The van der Waals surface area contributed by atoms with E-state index in [0.29, 0.717) is 23.6 Å². The van der Waals surface area contributed by atoms with Gasteiger partial charge >= 0.3 is 0 Å². The van der Waals surface area contributed by atoms with Gasteiger partial charge in [0.15, 0.2) is 0 Å². The Kier molecular flexibility index (Phi) is 4.35. The van der Waals surface area contributed by atoms with Crippen LogP contribution in [-0.4, -0.2) is 23.3 Å². The second kappa shape index (κ2) is 6.00. The number of imide groups is 1. The second-order valence-electron chi connectivity index (χ2n) is 5.18.